The molecule has 1 unspecified atom stereocenters. The molecule has 0 heterocycles. The predicted molar refractivity (Wildman–Crippen MR) is 33.9 cm³/mol. The van der Waals surface area contributed by atoms with Gasteiger partial charge in [-0.2, -0.15) is 0 Å². The summed E-state index contributed by atoms with van der Waals surface area (Å²) in [6.07, 6.45) is 2.77. The van der Waals surface area contributed by atoms with Crippen molar-refractivity contribution in [1.82, 2.24) is 0 Å². The molecule has 0 aromatic rings. The number of rotatable bonds is 0. The highest BCUT2D eigenvalue weighted by Gasteiger charge is 2.07. The van der Waals surface area contributed by atoms with Gasteiger partial charge in [-0.15, -0.1) is 0 Å². The first-order valence-corrected chi connectivity index (χ1v) is 2.79. The van der Waals surface area contributed by atoms with Gasteiger partial charge in [0.05, 0.1) is 0 Å². The molecule has 1 atom stereocenters. The predicted octanol–water partition coefficient (Wildman–Crippen LogP) is 2.19. The molecule has 0 aromatic heterocycles. The summed E-state index contributed by atoms with van der Waals surface area (Å²) in [6.45, 7) is 0. The second-order valence-corrected chi connectivity index (χ2v) is 1.90. The van der Waals surface area contributed by atoms with E-state index < -0.39 is 17.8 Å². The Morgan fingerprint density at radius 3 is 2.90 bits per heavy atom. The largest absolute Gasteiger partial charge is 0.505 e. The lowest BCUT2D eigenvalue weighted by molar-refractivity contribution is 0.374. The molecule has 1 aliphatic carbocycles. The highest BCUT2D eigenvalue weighted by atomic mass is 19.1. The van der Waals surface area contributed by atoms with Gasteiger partial charge in [-0.05, 0) is 18.2 Å². The summed E-state index contributed by atoms with van der Waals surface area (Å²) in [7, 11) is 0. The minimum Gasteiger partial charge on any atom is -0.505 e. The van der Waals surface area contributed by atoms with Gasteiger partial charge in [0.2, 0.25) is 0 Å². The van der Waals surface area contributed by atoms with Gasteiger partial charge >= 0.3 is 0 Å². The Hall–Kier alpha value is -1.12. The third kappa shape index (κ3) is 1.43. The van der Waals surface area contributed by atoms with Crippen molar-refractivity contribution in [3.05, 3.63) is 35.9 Å². The molecule has 1 rings (SSSR count). The molecule has 1 N–H and O–H groups in total. The quantitative estimate of drug-likeness (QED) is 0.552. The van der Waals surface area contributed by atoms with Crippen LogP contribution in [0.15, 0.2) is 35.9 Å². The summed E-state index contributed by atoms with van der Waals surface area (Å²) in [5, 5.41) is 8.67. The summed E-state index contributed by atoms with van der Waals surface area (Å²) in [5.41, 5.74) is 0. The van der Waals surface area contributed by atoms with Crippen molar-refractivity contribution >= 4 is 0 Å². The standard InChI is InChI=1S/C7H6F2O/c8-5-2-1-3-6(9)7(10)4-5/h1-5,10H. The van der Waals surface area contributed by atoms with E-state index in [1.54, 1.807) is 0 Å². The van der Waals surface area contributed by atoms with Crippen LogP contribution in [0.1, 0.15) is 0 Å². The Labute approximate surface area is 57.0 Å². The van der Waals surface area contributed by atoms with Crippen LogP contribution in [0.25, 0.3) is 0 Å². The van der Waals surface area contributed by atoms with Crippen LogP contribution in [0.4, 0.5) is 8.78 Å². The maximum atomic E-state index is 12.3. The van der Waals surface area contributed by atoms with Gasteiger partial charge in [0.25, 0.3) is 0 Å². The molecule has 0 spiro atoms. The molecular weight excluding hydrogens is 138 g/mol. The summed E-state index contributed by atoms with van der Waals surface area (Å²) in [4.78, 5) is 0. The topological polar surface area (TPSA) is 20.2 Å². The molecule has 10 heavy (non-hydrogen) atoms. The van der Waals surface area contributed by atoms with Gasteiger partial charge in [0.1, 0.15) is 11.9 Å². The molecule has 0 bridgehead atoms. The summed E-state index contributed by atoms with van der Waals surface area (Å²) >= 11 is 0. The third-order valence-corrected chi connectivity index (χ3v) is 1.10. The summed E-state index contributed by atoms with van der Waals surface area (Å²) in [5.74, 6) is -1.45. The molecule has 1 nitrogen and oxygen atoms in total. The Bertz CT molecular complexity index is 216. The van der Waals surface area contributed by atoms with Crippen LogP contribution < -0.4 is 0 Å². The van der Waals surface area contributed by atoms with Gasteiger partial charge in [0.15, 0.2) is 5.83 Å². The minimum absolute atomic E-state index is 0.641. The summed E-state index contributed by atoms with van der Waals surface area (Å²) in [6, 6.07) is 0. The van der Waals surface area contributed by atoms with E-state index in [9.17, 15) is 8.78 Å². The Morgan fingerprint density at radius 1 is 1.50 bits per heavy atom. The molecule has 0 amide bonds. The average molecular weight is 144 g/mol. The minimum atomic E-state index is -1.40. The number of aliphatic hydroxyl groups is 1. The van der Waals surface area contributed by atoms with Crippen LogP contribution in [0.2, 0.25) is 0 Å². The highest BCUT2D eigenvalue weighted by molar-refractivity contribution is 5.29. The number of aliphatic hydroxyl groups excluding tert-OH is 1. The molecule has 3 heteroatoms. The van der Waals surface area contributed by atoms with Gasteiger partial charge in [0, 0.05) is 0 Å². The van der Waals surface area contributed by atoms with Crippen LogP contribution >= 0.6 is 0 Å². The van der Waals surface area contributed by atoms with E-state index in [1.165, 1.54) is 6.08 Å². The van der Waals surface area contributed by atoms with E-state index in [4.69, 9.17) is 5.11 Å². The second kappa shape index (κ2) is 2.64. The van der Waals surface area contributed by atoms with Crippen LogP contribution in [0.5, 0.6) is 0 Å². The molecule has 0 saturated carbocycles. The SMILES string of the molecule is OC1=CC(F)C=CC=C1F. The fourth-order valence-corrected chi connectivity index (χ4v) is 0.618. The van der Waals surface area contributed by atoms with E-state index >= 15 is 0 Å². The molecule has 0 aliphatic heterocycles. The normalized spacial score (nSPS) is 25.2. The maximum Gasteiger partial charge on any atom is 0.164 e. The Kier molecular flexibility index (Phi) is 1.85. The van der Waals surface area contributed by atoms with Crippen molar-refractivity contribution in [2.75, 3.05) is 0 Å². The van der Waals surface area contributed by atoms with E-state index in [2.05, 4.69) is 0 Å². The van der Waals surface area contributed by atoms with Crippen molar-refractivity contribution in [3.63, 3.8) is 0 Å². The van der Waals surface area contributed by atoms with Crippen molar-refractivity contribution < 1.29 is 13.9 Å². The van der Waals surface area contributed by atoms with E-state index in [0.29, 0.717) is 0 Å². The van der Waals surface area contributed by atoms with Crippen LogP contribution in [-0.4, -0.2) is 11.3 Å². The molecule has 1 aliphatic rings. The summed E-state index contributed by atoms with van der Waals surface area (Å²) < 4.78 is 24.7. The van der Waals surface area contributed by atoms with Crippen molar-refractivity contribution in [1.29, 1.82) is 0 Å². The first-order chi connectivity index (χ1) is 4.70. The lowest BCUT2D eigenvalue weighted by Crippen LogP contribution is -1.89. The molecule has 0 aromatic carbocycles. The fourth-order valence-electron chi connectivity index (χ4n) is 0.618. The molecule has 0 fully saturated rings. The van der Waals surface area contributed by atoms with Crippen LogP contribution in [0.3, 0.4) is 0 Å². The maximum absolute atomic E-state index is 12.3. The molecule has 0 radical (unpaired) electrons. The molecule has 0 saturated heterocycles. The molecule has 54 valence electrons. The van der Waals surface area contributed by atoms with E-state index in [0.717, 1.165) is 18.2 Å². The second-order valence-electron chi connectivity index (χ2n) is 1.90. The monoisotopic (exact) mass is 144 g/mol. The number of halogens is 2. The van der Waals surface area contributed by atoms with Gasteiger partial charge < -0.3 is 5.11 Å². The number of hydrogen-bond donors (Lipinski definition) is 1. The number of alkyl halides is 1. The first-order valence-electron chi connectivity index (χ1n) is 2.79. The van der Waals surface area contributed by atoms with Crippen LogP contribution in [-0.2, 0) is 0 Å². The highest BCUT2D eigenvalue weighted by Crippen LogP contribution is 2.14. The third-order valence-electron chi connectivity index (χ3n) is 1.10. The zero-order valence-electron chi connectivity index (χ0n) is 5.09. The van der Waals surface area contributed by atoms with Gasteiger partial charge in [-0.3, -0.25) is 0 Å². The zero-order chi connectivity index (χ0) is 7.56. The number of hydrogen-bond acceptors (Lipinski definition) is 1. The van der Waals surface area contributed by atoms with Gasteiger partial charge in [-0.25, -0.2) is 8.78 Å². The van der Waals surface area contributed by atoms with Crippen molar-refractivity contribution in [2.24, 2.45) is 0 Å². The van der Waals surface area contributed by atoms with E-state index in [-0.39, 0.29) is 0 Å². The van der Waals surface area contributed by atoms with Crippen molar-refractivity contribution in [2.45, 2.75) is 6.17 Å². The smallest absolute Gasteiger partial charge is 0.164 e. The van der Waals surface area contributed by atoms with Gasteiger partial charge in [-0.1, -0.05) is 6.08 Å². The molecular formula is C7H6F2O. The zero-order valence-corrected chi connectivity index (χ0v) is 5.09. The number of allylic oxidation sites excluding steroid dienone is 5. The lowest BCUT2D eigenvalue weighted by atomic mass is 10.3. The Balaban J connectivity index is 2.90. The fraction of sp³-hybridized carbons (Fsp3) is 0.143. The van der Waals surface area contributed by atoms with E-state index in [1.807, 2.05) is 0 Å². The first kappa shape index (κ1) is 6.99. The average Bonchev–Trinajstić information content (AvgIpc) is 1.96. The lowest BCUT2D eigenvalue weighted by Gasteiger charge is -1.93. The van der Waals surface area contributed by atoms with Crippen molar-refractivity contribution in [3.8, 4) is 0 Å². The van der Waals surface area contributed by atoms with Crippen LogP contribution in [0, 0.1) is 0 Å². The Morgan fingerprint density at radius 2 is 2.20 bits per heavy atom.